The number of benzene rings is 1. The van der Waals surface area contributed by atoms with Gasteiger partial charge in [0.25, 0.3) is 0 Å². The van der Waals surface area contributed by atoms with Crippen molar-refractivity contribution in [2.45, 2.75) is 59.9 Å². The summed E-state index contributed by atoms with van der Waals surface area (Å²) in [5.74, 6) is 0.894. The Morgan fingerprint density at radius 2 is 1.29 bits per heavy atom. The predicted octanol–water partition coefficient (Wildman–Crippen LogP) is 4.03. The van der Waals surface area contributed by atoms with Crippen molar-refractivity contribution in [2.24, 2.45) is 11.7 Å². The predicted molar refractivity (Wildman–Crippen MR) is 74.4 cm³/mol. The van der Waals surface area contributed by atoms with Crippen LogP contribution in [-0.2, 0) is 0 Å². The molecule has 1 aromatic carbocycles. The second kappa shape index (κ2) is 4.45. The molecular weight excluding hydrogens is 206 g/mol. The van der Waals surface area contributed by atoms with Gasteiger partial charge in [0.2, 0.25) is 0 Å². The summed E-state index contributed by atoms with van der Waals surface area (Å²) < 4.78 is 0. The Morgan fingerprint density at radius 1 is 0.882 bits per heavy atom. The molecule has 0 radical (unpaired) electrons. The van der Waals surface area contributed by atoms with Gasteiger partial charge in [-0.05, 0) is 80.3 Å². The molecule has 0 saturated heterocycles. The summed E-state index contributed by atoms with van der Waals surface area (Å²) in [6.07, 6.45) is 3.94. The third-order valence-corrected chi connectivity index (χ3v) is 4.71. The molecule has 2 rings (SSSR count). The van der Waals surface area contributed by atoms with Gasteiger partial charge in [-0.3, -0.25) is 0 Å². The molecule has 0 spiro atoms. The molecule has 1 aliphatic carbocycles. The molecule has 1 aromatic rings. The van der Waals surface area contributed by atoms with Crippen LogP contribution in [0.15, 0.2) is 0 Å². The first-order valence-corrected chi connectivity index (χ1v) is 6.76. The minimum Gasteiger partial charge on any atom is -0.324 e. The molecule has 1 nitrogen and oxygen atoms in total. The fourth-order valence-corrected chi connectivity index (χ4v) is 2.92. The van der Waals surface area contributed by atoms with E-state index < -0.39 is 0 Å². The quantitative estimate of drug-likeness (QED) is 0.835. The summed E-state index contributed by atoms with van der Waals surface area (Å²) in [7, 11) is 0. The van der Waals surface area contributed by atoms with Gasteiger partial charge in [-0.15, -0.1) is 0 Å². The molecule has 0 amide bonds. The lowest BCUT2D eigenvalue weighted by Gasteiger charge is -2.23. The van der Waals surface area contributed by atoms with Crippen molar-refractivity contribution in [3.63, 3.8) is 0 Å². The Labute approximate surface area is 105 Å². The van der Waals surface area contributed by atoms with Gasteiger partial charge < -0.3 is 5.73 Å². The number of rotatable bonds is 3. The summed E-state index contributed by atoms with van der Waals surface area (Å²) in [4.78, 5) is 0. The first-order chi connectivity index (χ1) is 7.93. The van der Waals surface area contributed by atoms with E-state index in [9.17, 15) is 0 Å². The fraction of sp³-hybridized carbons (Fsp3) is 0.625. The van der Waals surface area contributed by atoms with Gasteiger partial charge >= 0.3 is 0 Å². The zero-order valence-electron chi connectivity index (χ0n) is 11.9. The first kappa shape index (κ1) is 12.6. The highest BCUT2D eigenvalue weighted by Crippen LogP contribution is 2.39. The highest BCUT2D eigenvalue weighted by atomic mass is 14.6. The highest BCUT2D eigenvalue weighted by molar-refractivity contribution is 5.50. The summed E-state index contributed by atoms with van der Waals surface area (Å²) in [6.45, 7) is 11.1. The van der Waals surface area contributed by atoms with Crippen LogP contribution in [0, 0.1) is 40.5 Å². The molecule has 17 heavy (non-hydrogen) atoms. The Kier molecular flexibility index (Phi) is 3.31. The largest absolute Gasteiger partial charge is 0.324 e. The van der Waals surface area contributed by atoms with Crippen molar-refractivity contribution >= 4 is 0 Å². The van der Waals surface area contributed by atoms with Crippen molar-refractivity contribution in [1.82, 2.24) is 0 Å². The van der Waals surface area contributed by atoms with E-state index in [0.717, 1.165) is 5.92 Å². The standard InChI is InChI=1S/C16H25N/c1-9-10(2)12(4)16(13(5)11(9)3)15(17)8-14-6-7-14/h14-15H,6-8,17H2,1-5H3. The van der Waals surface area contributed by atoms with Crippen LogP contribution < -0.4 is 5.73 Å². The Hall–Kier alpha value is -0.820. The summed E-state index contributed by atoms with van der Waals surface area (Å²) >= 11 is 0. The van der Waals surface area contributed by atoms with E-state index in [0.29, 0.717) is 0 Å². The van der Waals surface area contributed by atoms with Gasteiger partial charge in [-0.2, -0.15) is 0 Å². The molecule has 1 fully saturated rings. The molecule has 0 heterocycles. The van der Waals surface area contributed by atoms with Crippen LogP contribution >= 0.6 is 0 Å². The molecule has 1 atom stereocenters. The third-order valence-electron chi connectivity index (χ3n) is 4.71. The maximum absolute atomic E-state index is 6.43. The summed E-state index contributed by atoms with van der Waals surface area (Å²) in [6, 6.07) is 0.237. The molecule has 2 N–H and O–H groups in total. The molecule has 1 heteroatoms. The van der Waals surface area contributed by atoms with E-state index in [1.807, 2.05) is 0 Å². The molecule has 1 unspecified atom stereocenters. The van der Waals surface area contributed by atoms with Gasteiger partial charge in [0.1, 0.15) is 0 Å². The van der Waals surface area contributed by atoms with E-state index in [-0.39, 0.29) is 6.04 Å². The van der Waals surface area contributed by atoms with Crippen LogP contribution in [0.2, 0.25) is 0 Å². The highest BCUT2D eigenvalue weighted by Gasteiger charge is 2.26. The van der Waals surface area contributed by atoms with Crippen LogP contribution in [0.1, 0.15) is 58.7 Å². The van der Waals surface area contributed by atoms with Crippen LogP contribution in [0.4, 0.5) is 0 Å². The van der Waals surface area contributed by atoms with E-state index in [1.165, 1.54) is 52.6 Å². The Bertz CT molecular complexity index is 412. The number of hydrogen-bond acceptors (Lipinski definition) is 1. The minimum atomic E-state index is 0.237. The summed E-state index contributed by atoms with van der Waals surface area (Å²) in [5, 5.41) is 0. The van der Waals surface area contributed by atoms with E-state index in [1.54, 1.807) is 0 Å². The molecule has 0 bridgehead atoms. The minimum absolute atomic E-state index is 0.237. The second-order valence-electron chi connectivity index (χ2n) is 5.82. The molecular formula is C16H25N. The van der Waals surface area contributed by atoms with Crippen molar-refractivity contribution < 1.29 is 0 Å². The van der Waals surface area contributed by atoms with Crippen LogP contribution in [0.5, 0.6) is 0 Å². The van der Waals surface area contributed by atoms with Gasteiger partial charge in [0.15, 0.2) is 0 Å². The lowest BCUT2D eigenvalue weighted by Crippen LogP contribution is -2.16. The Balaban J connectivity index is 2.44. The average molecular weight is 231 g/mol. The average Bonchev–Trinajstić information content (AvgIpc) is 3.08. The zero-order valence-corrected chi connectivity index (χ0v) is 11.9. The maximum atomic E-state index is 6.43. The van der Waals surface area contributed by atoms with Gasteiger partial charge in [0.05, 0.1) is 0 Å². The normalized spacial score (nSPS) is 17.3. The van der Waals surface area contributed by atoms with Crippen molar-refractivity contribution in [3.8, 4) is 0 Å². The molecule has 94 valence electrons. The smallest absolute Gasteiger partial charge is 0.0302 e. The number of hydrogen-bond donors (Lipinski definition) is 1. The van der Waals surface area contributed by atoms with Gasteiger partial charge in [-0.25, -0.2) is 0 Å². The van der Waals surface area contributed by atoms with Crippen molar-refractivity contribution in [3.05, 3.63) is 33.4 Å². The lowest BCUT2D eigenvalue weighted by atomic mass is 9.85. The zero-order chi connectivity index (χ0) is 12.7. The monoisotopic (exact) mass is 231 g/mol. The summed E-state index contributed by atoms with van der Waals surface area (Å²) in [5.41, 5.74) is 15.0. The Morgan fingerprint density at radius 3 is 1.71 bits per heavy atom. The molecule has 0 aliphatic heterocycles. The van der Waals surface area contributed by atoms with Gasteiger partial charge in [-0.1, -0.05) is 12.8 Å². The van der Waals surface area contributed by atoms with E-state index >= 15 is 0 Å². The first-order valence-electron chi connectivity index (χ1n) is 6.76. The van der Waals surface area contributed by atoms with E-state index in [4.69, 9.17) is 5.73 Å². The van der Waals surface area contributed by atoms with Crippen molar-refractivity contribution in [1.29, 1.82) is 0 Å². The third kappa shape index (κ3) is 2.26. The number of nitrogens with two attached hydrogens (primary N) is 1. The second-order valence-corrected chi connectivity index (χ2v) is 5.82. The fourth-order valence-electron chi connectivity index (χ4n) is 2.92. The van der Waals surface area contributed by atoms with Crippen LogP contribution in [0.3, 0.4) is 0 Å². The molecule has 1 saturated carbocycles. The van der Waals surface area contributed by atoms with Gasteiger partial charge in [0, 0.05) is 6.04 Å². The lowest BCUT2D eigenvalue weighted by molar-refractivity contribution is 0.590. The van der Waals surface area contributed by atoms with Crippen LogP contribution in [-0.4, -0.2) is 0 Å². The van der Waals surface area contributed by atoms with E-state index in [2.05, 4.69) is 34.6 Å². The topological polar surface area (TPSA) is 26.0 Å². The maximum Gasteiger partial charge on any atom is 0.0302 e. The molecule has 1 aliphatic rings. The molecule has 0 aromatic heterocycles. The van der Waals surface area contributed by atoms with Crippen LogP contribution in [0.25, 0.3) is 0 Å². The van der Waals surface area contributed by atoms with Crippen molar-refractivity contribution in [2.75, 3.05) is 0 Å². The SMILES string of the molecule is Cc1c(C)c(C)c(C(N)CC2CC2)c(C)c1C.